The van der Waals surface area contributed by atoms with E-state index in [1.165, 1.54) is 12.1 Å². The summed E-state index contributed by atoms with van der Waals surface area (Å²) in [6.45, 7) is 15.1. The standard InChI is InChI=1S/C65H50Cl4N4O2/c1-35(2)48-9-8-10-49(36(3)4)60(48)72-59(28-27-50-62(74)53-33-55(68)56(69)34-54(53)63(50)75)73(65-64(72)70-57-31-38(6)39(7)32-58(57)71-65)61-51(44-15-11-40(12-16-44)42-19-23-46(66)24-20-42)29-37(5)30-52(61)45-17-13-41(14-18-45)43-21-25-47(67)26-22-43/h8-36H,1-7H3/b59-28+. The van der Waals surface area contributed by atoms with Crippen molar-refractivity contribution in [2.45, 2.75) is 60.3 Å². The minimum Gasteiger partial charge on any atom is -0.288 e. The average Bonchev–Trinajstić information content (AvgIpc) is 3.85. The molecule has 8 aromatic carbocycles. The van der Waals surface area contributed by atoms with Crippen molar-refractivity contribution in [2.75, 3.05) is 9.80 Å². The molecule has 2 aliphatic rings. The van der Waals surface area contributed by atoms with Crippen LogP contribution in [0.5, 0.6) is 0 Å². The summed E-state index contributed by atoms with van der Waals surface area (Å²) in [4.78, 5) is 44.5. The van der Waals surface area contributed by atoms with Crippen molar-refractivity contribution in [1.82, 2.24) is 9.97 Å². The second kappa shape index (κ2) is 19.8. The molecule has 370 valence electrons. The summed E-state index contributed by atoms with van der Waals surface area (Å²) in [6, 6.07) is 50.9. The minimum absolute atomic E-state index is 0.00910. The predicted octanol–water partition coefficient (Wildman–Crippen LogP) is 19.2. The first kappa shape index (κ1) is 49.9. The van der Waals surface area contributed by atoms with Crippen LogP contribution in [0.1, 0.15) is 88.1 Å². The van der Waals surface area contributed by atoms with Crippen molar-refractivity contribution in [2.24, 2.45) is 0 Å². The quantitative estimate of drug-likeness (QED) is 0.106. The normalized spacial score (nSPS) is 13.8. The van der Waals surface area contributed by atoms with Crippen molar-refractivity contribution in [1.29, 1.82) is 0 Å². The molecule has 0 radical (unpaired) electrons. The summed E-state index contributed by atoms with van der Waals surface area (Å²) in [5.74, 6) is 1.10. The predicted molar refractivity (Wildman–Crippen MR) is 312 cm³/mol. The van der Waals surface area contributed by atoms with Crippen molar-refractivity contribution >= 4 is 92.0 Å². The van der Waals surface area contributed by atoms with Crippen LogP contribution in [0, 0.1) is 20.8 Å². The summed E-state index contributed by atoms with van der Waals surface area (Å²) < 4.78 is 0. The number of nitrogens with zero attached hydrogens (tertiary/aromatic N) is 4. The van der Waals surface area contributed by atoms with Crippen LogP contribution in [-0.2, 0) is 0 Å². The number of hydrogen-bond donors (Lipinski definition) is 0. The monoisotopic (exact) mass is 1060 g/mol. The van der Waals surface area contributed by atoms with Gasteiger partial charge in [0, 0.05) is 32.3 Å². The highest BCUT2D eigenvalue weighted by Crippen LogP contribution is 2.56. The molecule has 0 unspecified atom stereocenters. The summed E-state index contributed by atoms with van der Waals surface area (Å²) in [5, 5.41) is 1.74. The Morgan fingerprint density at radius 3 is 1.21 bits per heavy atom. The highest BCUT2D eigenvalue weighted by Gasteiger charge is 2.42. The van der Waals surface area contributed by atoms with Gasteiger partial charge in [0.1, 0.15) is 5.82 Å². The van der Waals surface area contributed by atoms with E-state index in [-0.39, 0.29) is 38.6 Å². The van der Waals surface area contributed by atoms with Crippen LogP contribution in [0.4, 0.5) is 23.0 Å². The summed E-state index contributed by atoms with van der Waals surface area (Å²) >= 11 is 25.6. The number of Topliss-reactive ketones (excluding diaryl/α,β-unsaturated/α-hetero) is 2. The van der Waals surface area contributed by atoms with Gasteiger partial charge in [-0.3, -0.25) is 19.4 Å². The fraction of sp³-hybridized carbons (Fsp3) is 0.138. The highest BCUT2D eigenvalue weighted by molar-refractivity contribution is 6.45. The summed E-state index contributed by atoms with van der Waals surface area (Å²) in [5.41, 5.74) is 17.0. The van der Waals surface area contributed by atoms with Crippen molar-refractivity contribution in [3.05, 3.63) is 234 Å². The molecule has 9 aromatic rings. The first-order valence-corrected chi connectivity index (χ1v) is 26.5. The number of allylic oxidation sites excluding steroid dienone is 3. The molecule has 75 heavy (non-hydrogen) atoms. The Hall–Kier alpha value is -7.32. The molecule has 0 spiro atoms. The van der Waals surface area contributed by atoms with Crippen LogP contribution in [-0.4, -0.2) is 21.5 Å². The van der Waals surface area contributed by atoms with E-state index in [4.69, 9.17) is 56.4 Å². The number of aryl methyl sites for hydroxylation is 3. The van der Waals surface area contributed by atoms with Gasteiger partial charge < -0.3 is 0 Å². The number of rotatable bonds is 9. The zero-order valence-electron chi connectivity index (χ0n) is 42.4. The molecule has 10 heteroatoms. The third-order valence-electron chi connectivity index (χ3n) is 14.4. The Bertz CT molecular complexity index is 3700. The Morgan fingerprint density at radius 2 is 0.813 bits per heavy atom. The van der Waals surface area contributed by atoms with E-state index in [1.807, 2.05) is 54.6 Å². The maximum atomic E-state index is 14.4. The topological polar surface area (TPSA) is 66.4 Å². The van der Waals surface area contributed by atoms with Gasteiger partial charge in [0.2, 0.25) is 0 Å². The third-order valence-corrected chi connectivity index (χ3v) is 15.6. The average molecular weight is 1060 g/mol. The maximum absolute atomic E-state index is 14.4. The van der Waals surface area contributed by atoms with E-state index in [1.54, 1.807) is 6.08 Å². The van der Waals surface area contributed by atoms with Gasteiger partial charge in [0.25, 0.3) is 0 Å². The van der Waals surface area contributed by atoms with Crippen molar-refractivity contribution in [3.8, 4) is 44.5 Å². The van der Waals surface area contributed by atoms with Crippen LogP contribution < -0.4 is 9.80 Å². The molecular formula is C65H50Cl4N4O2. The molecule has 2 heterocycles. The van der Waals surface area contributed by atoms with Crippen LogP contribution in [0.25, 0.3) is 55.5 Å². The van der Waals surface area contributed by atoms with E-state index in [2.05, 4.69) is 149 Å². The number of aromatic nitrogens is 2. The molecule has 0 atom stereocenters. The van der Waals surface area contributed by atoms with Crippen LogP contribution in [0.3, 0.4) is 0 Å². The molecule has 0 saturated carbocycles. The molecule has 1 aromatic heterocycles. The SMILES string of the molecule is Cc1cc(-c2ccc(-c3ccc(Cl)cc3)cc2)c(N2/C(=C/C=C3C(=O)c4cc(Cl)c(Cl)cc4C3=O)N(c3c(C(C)C)cccc3C(C)C)c3nc4cc(C)c(C)cc4nc32)c(-c2ccc(-c3ccc(Cl)cc3)cc2)c1. The first-order chi connectivity index (χ1) is 36.0. The largest absolute Gasteiger partial charge is 0.288 e. The van der Waals surface area contributed by atoms with Crippen molar-refractivity contribution < 1.29 is 9.59 Å². The maximum Gasteiger partial charge on any atom is 0.197 e. The molecular weight excluding hydrogens is 1010 g/mol. The molecule has 0 fully saturated rings. The van der Waals surface area contributed by atoms with Gasteiger partial charge in [-0.1, -0.05) is 165 Å². The molecule has 1 aliphatic heterocycles. The second-order valence-electron chi connectivity index (χ2n) is 20.0. The smallest absolute Gasteiger partial charge is 0.197 e. The van der Waals surface area contributed by atoms with Gasteiger partial charge in [-0.15, -0.1) is 0 Å². The number of carbonyl (C=O) groups is 2. The summed E-state index contributed by atoms with van der Waals surface area (Å²) in [7, 11) is 0. The number of fused-ring (bicyclic) bond motifs is 3. The van der Waals surface area contributed by atoms with Crippen LogP contribution in [0.15, 0.2) is 175 Å². The van der Waals surface area contributed by atoms with Crippen LogP contribution >= 0.6 is 46.4 Å². The Balaban J connectivity index is 1.25. The molecule has 0 amide bonds. The Labute approximate surface area is 457 Å². The Morgan fingerprint density at radius 1 is 0.440 bits per heavy atom. The zero-order chi connectivity index (χ0) is 52.6. The van der Waals surface area contributed by atoms with Crippen LogP contribution in [0.2, 0.25) is 20.1 Å². The Kier molecular flexibility index (Phi) is 13.1. The third kappa shape index (κ3) is 9.04. The number of carbonyl (C=O) groups excluding carboxylic acids is 2. The fourth-order valence-corrected chi connectivity index (χ4v) is 10.9. The number of ketones is 2. The van der Waals surface area contributed by atoms with E-state index >= 15 is 0 Å². The van der Waals surface area contributed by atoms with Gasteiger partial charge >= 0.3 is 0 Å². The molecule has 0 N–H and O–H groups in total. The van der Waals surface area contributed by atoms with Gasteiger partial charge in [0.15, 0.2) is 23.2 Å². The van der Waals surface area contributed by atoms with Gasteiger partial charge in [-0.05, 0) is 167 Å². The van der Waals surface area contributed by atoms with Gasteiger partial charge in [0.05, 0.1) is 38.0 Å². The molecule has 0 bridgehead atoms. The number of hydrogen-bond acceptors (Lipinski definition) is 6. The highest BCUT2D eigenvalue weighted by atomic mass is 35.5. The molecule has 11 rings (SSSR count). The first-order valence-electron chi connectivity index (χ1n) is 24.9. The number of benzene rings is 8. The lowest BCUT2D eigenvalue weighted by atomic mass is 9.91. The van der Waals surface area contributed by atoms with Crippen molar-refractivity contribution in [3.63, 3.8) is 0 Å². The molecule has 6 nitrogen and oxygen atoms in total. The summed E-state index contributed by atoms with van der Waals surface area (Å²) in [6.07, 6.45) is 3.52. The lowest BCUT2D eigenvalue weighted by molar-refractivity contribution is 0.0988. The van der Waals surface area contributed by atoms with E-state index in [9.17, 15) is 9.59 Å². The molecule has 1 aliphatic carbocycles. The second-order valence-corrected chi connectivity index (χ2v) is 21.7. The number of halogens is 4. The number of anilines is 4. The van der Waals surface area contributed by atoms with E-state index < -0.39 is 11.6 Å². The fourth-order valence-electron chi connectivity index (χ4n) is 10.3. The van der Waals surface area contributed by atoms with Gasteiger partial charge in [-0.2, -0.15) is 0 Å². The minimum atomic E-state index is -0.435. The lowest BCUT2D eigenvalue weighted by Gasteiger charge is -2.32. The van der Waals surface area contributed by atoms with E-state index in [0.717, 1.165) is 94.7 Å². The number of para-hydroxylation sites is 1. The van der Waals surface area contributed by atoms with E-state index in [0.29, 0.717) is 27.5 Å². The zero-order valence-corrected chi connectivity index (χ0v) is 45.4. The molecule has 0 saturated heterocycles. The van der Waals surface area contributed by atoms with Gasteiger partial charge in [-0.25, -0.2) is 9.97 Å². The lowest BCUT2D eigenvalue weighted by Crippen LogP contribution is -2.25.